The van der Waals surface area contributed by atoms with Crippen LogP contribution in [0.2, 0.25) is 0 Å². The highest BCUT2D eigenvalue weighted by Crippen LogP contribution is 2.23. The number of hydrogen-bond acceptors (Lipinski definition) is 3. The molecule has 2 rings (SSSR count). The minimum Gasteiger partial charge on any atom is -0.329 e. The fraction of sp³-hybridized carbons (Fsp3) is 0.333. The molecule has 0 aliphatic rings. The lowest BCUT2D eigenvalue weighted by Gasteiger charge is -2.13. The molecule has 0 bridgehead atoms. The molecule has 0 aliphatic carbocycles. The number of nitrogens with one attached hydrogen (secondary N) is 1. The van der Waals surface area contributed by atoms with Crippen LogP contribution < -0.4 is 5.32 Å². The quantitative estimate of drug-likeness (QED) is 0.880. The highest BCUT2D eigenvalue weighted by Gasteiger charge is 2.17. The topological polar surface area (TPSA) is 46.9 Å². The lowest BCUT2D eigenvalue weighted by molar-refractivity contribution is -0.115. The third-order valence-corrected chi connectivity index (χ3v) is 4.24. The Hall–Kier alpha value is -1.75. The maximum absolute atomic E-state index is 12.2. The first kappa shape index (κ1) is 14.7. The Morgan fingerprint density at radius 3 is 2.75 bits per heavy atom. The third kappa shape index (κ3) is 3.42. The number of benzene rings is 1. The summed E-state index contributed by atoms with van der Waals surface area (Å²) in [5.41, 5.74) is 3.14. The number of amides is 1. The summed E-state index contributed by atoms with van der Waals surface area (Å²) in [5, 5.41) is 3.62. The van der Waals surface area contributed by atoms with Gasteiger partial charge in [0, 0.05) is 25.1 Å². The van der Waals surface area contributed by atoms with Crippen molar-refractivity contribution in [1.29, 1.82) is 0 Å². The van der Waals surface area contributed by atoms with E-state index in [0.717, 1.165) is 16.4 Å². The fourth-order valence-electron chi connectivity index (χ4n) is 1.87. The molecule has 0 spiro atoms. The molecule has 0 radical (unpaired) electrons. The van der Waals surface area contributed by atoms with E-state index in [1.807, 2.05) is 50.7 Å². The highest BCUT2D eigenvalue weighted by atomic mass is 32.2. The van der Waals surface area contributed by atoms with Gasteiger partial charge in [0.05, 0.1) is 5.25 Å². The van der Waals surface area contributed by atoms with Gasteiger partial charge < -0.3 is 9.88 Å². The summed E-state index contributed by atoms with van der Waals surface area (Å²) in [5.74, 6) is -0.00930. The smallest absolute Gasteiger partial charge is 0.237 e. The third-order valence-electron chi connectivity index (χ3n) is 3.07. The zero-order valence-corrected chi connectivity index (χ0v) is 13.0. The number of imidazole rings is 1. The van der Waals surface area contributed by atoms with Crippen LogP contribution in [-0.2, 0) is 11.8 Å². The Labute approximate surface area is 123 Å². The van der Waals surface area contributed by atoms with Crippen LogP contribution in [0.15, 0.2) is 35.7 Å². The van der Waals surface area contributed by atoms with E-state index in [2.05, 4.69) is 16.4 Å². The van der Waals surface area contributed by atoms with Gasteiger partial charge in [-0.25, -0.2) is 4.98 Å². The molecule has 0 fully saturated rings. The molecule has 1 heterocycles. The Bertz CT molecular complexity index is 621. The van der Waals surface area contributed by atoms with Crippen LogP contribution in [0.4, 0.5) is 5.69 Å². The van der Waals surface area contributed by atoms with Crippen LogP contribution in [0, 0.1) is 13.8 Å². The summed E-state index contributed by atoms with van der Waals surface area (Å²) in [6.45, 7) is 5.93. The first-order valence-electron chi connectivity index (χ1n) is 6.49. The van der Waals surface area contributed by atoms with Crippen molar-refractivity contribution < 1.29 is 4.79 Å². The van der Waals surface area contributed by atoms with Crippen molar-refractivity contribution in [3.63, 3.8) is 0 Å². The Balaban J connectivity index is 2.02. The number of nitrogens with zero attached hydrogens (tertiary/aromatic N) is 2. The van der Waals surface area contributed by atoms with Gasteiger partial charge >= 0.3 is 0 Å². The van der Waals surface area contributed by atoms with Crippen molar-refractivity contribution >= 4 is 23.4 Å². The monoisotopic (exact) mass is 289 g/mol. The molecule has 20 heavy (non-hydrogen) atoms. The molecule has 0 saturated carbocycles. The Morgan fingerprint density at radius 2 is 2.15 bits per heavy atom. The maximum Gasteiger partial charge on any atom is 0.237 e. The first-order chi connectivity index (χ1) is 9.47. The number of aryl methyl sites for hydroxylation is 3. The average molecular weight is 289 g/mol. The summed E-state index contributed by atoms with van der Waals surface area (Å²) >= 11 is 1.45. The molecule has 0 aliphatic heterocycles. The summed E-state index contributed by atoms with van der Waals surface area (Å²) in [7, 11) is 1.92. The second-order valence-electron chi connectivity index (χ2n) is 4.89. The molecule has 2 aromatic rings. The standard InChI is InChI=1S/C15H19N3OS/c1-10-5-6-13(11(2)9-10)17-14(19)12(3)20-15-16-7-8-18(15)4/h5-9,12H,1-4H3,(H,17,19)/t12-/m1/s1. The van der Waals surface area contributed by atoms with E-state index < -0.39 is 0 Å². The largest absolute Gasteiger partial charge is 0.329 e. The zero-order valence-electron chi connectivity index (χ0n) is 12.2. The van der Waals surface area contributed by atoms with E-state index in [4.69, 9.17) is 0 Å². The van der Waals surface area contributed by atoms with Gasteiger partial charge in [0.15, 0.2) is 5.16 Å². The highest BCUT2D eigenvalue weighted by molar-refractivity contribution is 8.00. The molecule has 1 atom stereocenters. The predicted octanol–water partition coefficient (Wildman–Crippen LogP) is 3.16. The first-order valence-corrected chi connectivity index (χ1v) is 7.37. The van der Waals surface area contributed by atoms with Crippen LogP contribution in [0.1, 0.15) is 18.1 Å². The van der Waals surface area contributed by atoms with Crippen LogP contribution in [-0.4, -0.2) is 20.7 Å². The van der Waals surface area contributed by atoms with E-state index in [0.29, 0.717) is 0 Å². The molecule has 1 aromatic heterocycles. The molecule has 1 N–H and O–H groups in total. The van der Waals surface area contributed by atoms with Crippen molar-refractivity contribution in [3.8, 4) is 0 Å². The molecule has 4 nitrogen and oxygen atoms in total. The molecule has 5 heteroatoms. The summed E-state index contributed by atoms with van der Waals surface area (Å²) in [6.07, 6.45) is 3.61. The van der Waals surface area contributed by atoms with Crippen LogP contribution in [0.25, 0.3) is 0 Å². The van der Waals surface area contributed by atoms with Crippen LogP contribution in [0.3, 0.4) is 0 Å². The summed E-state index contributed by atoms with van der Waals surface area (Å²) < 4.78 is 1.91. The predicted molar refractivity (Wildman–Crippen MR) is 83.1 cm³/mol. The van der Waals surface area contributed by atoms with Crippen LogP contribution in [0.5, 0.6) is 0 Å². The Kier molecular flexibility index (Phi) is 4.49. The Morgan fingerprint density at radius 1 is 1.40 bits per heavy atom. The number of carbonyl (C=O) groups is 1. The van der Waals surface area contributed by atoms with E-state index in [9.17, 15) is 4.79 Å². The van der Waals surface area contributed by atoms with Crippen molar-refractivity contribution in [2.24, 2.45) is 7.05 Å². The second-order valence-corrected chi connectivity index (χ2v) is 6.20. The summed E-state index contributed by atoms with van der Waals surface area (Å²) in [4.78, 5) is 16.4. The van der Waals surface area contributed by atoms with E-state index in [1.54, 1.807) is 6.20 Å². The molecular weight excluding hydrogens is 270 g/mol. The summed E-state index contributed by atoms with van der Waals surface area (Å²) in [6, 6.07) is 6.01. The van der Waals surface area contributed by atoms with Gasteiger partial charge in [-0.1, -0.05) is 29.5 Å². The van der Waals surface area contributed by atoms with Gasteiger partial charge in [-0.2, -0.15) is 0 Å². The molecule has 0 unspecified atom stereocenters. The van der Waals surface area contributed by atoms with Gasteiger partial charge in [0.1, 0.15) is 0 Å². The zero-order chi connectivity index (χ0) is 14.7. The molecule has 0 saturated heterocycles. The maximum atomic E-state index is 12.2. The van der Waals surface area contributed by atoms with Crippen molar-refractivity contribution in [2.75, 3.05) is 5.32 Å². The molecule has 1 aromatic carbocycles. The van der Waals surface area contributed by atoms with Crippen molar-refractivity contribution in [1.82, 2.24) is 9.55 Å². The van der Waals surface area contributed by atoms with E-state index >= 15 is 0 Å². The number of thioether (sulfide) groups is 1. The molecular formula is C15H19N3OS. The number of aromatic nitrogens is 2. The number of hydrogen-bond donors (Lipinski definition) is 1. The van der Waals surface area contributed by atoms with E-state index in [1.165, 1.54) is 17.3 Å². The number of anilines is 1. The van der Waals surface area contributed by atoms with Crippen molar-refractivity contribution in [2.45, 2.75) is 31.2 Å². The minimum atomic E-state index is -0.197. The second kappa shape index (κ2) is 6.13. The van der Waals surface area contributed by atoms with Gasteiger partial charge in [0.2, 0.25) is 5.91 Å². The normalized spacial score (nSPS) is 12.2. The average Bonchev–Trinajstić information content (AvgIpc) is 2.78. The van der Waals surface area contributed by atoms with Gasteiger partial charge in [-0.3, -0.25) is 4.79 Å². The van der Waals surface area contributed by atoms with Gasteiger partial charge in [0.25, 0.3) is 0 Å². The lowest BCUT2D eigenvalue weighted by Crippen LogP contribution is -2.23. The van der Waals surface area contributed by atoms with Crippen LogP contribution >= 0.6 is 11.8 Å². The van der Waals surface area contributed by atoms with E-state index in [-0.39, 0.29) is 11.2 Å². The number of rotatable bonds is 4. The van der Waals surface area contributed by atoms with Gasteiger partial charge in [-0.15, -0.1) is 0 Å². The molecule has 106 valence electrons. The fourth-order valence-corrected chi connectivity index (χ4v) is 2.70. The van der Waals surface area contributed by atoms with Crippen molar-refractivity contribution in [3.05, 3.63) is 41.7 Å². The minimum absolute atomic E-state index is 0.00930. The number of carbonyl (C=O) groups excluding carboxylic acids is 1. The molecule has 1 amide bonds. The lowest BCUT2D eigenvalue weighted by atomic mass is 10.1. The SMILES string of the molecule is Cc1ccc(NC(=O)[C@@H](C)Sc2nccn2C)c(C)c1. The van der Waals surface area contributed by atoms with Gasteiger partial charge in [-0.05, 0) is 32.4 Å².